The lowest BCUT2D eigenvalue weighted by molar-refractivity contribution is -0.123. The highest BCUT2D eigenvalue weighted by Gasteiger charge is 2.20. The van der Waals surface area contributed by atoms with Crippen molar-refractivity contribution in [3.63, 3.8) is 0 Å². The average molecular weight is 281 g/mol. The van der Waals surface area contributed by atoms with Crippen molar-refractivity contribution in [3.8, 4) is 0 Å². The third-order valence-electron chi connectivity index (χ3n) is 2.98. The Bertz CT molecular complexity index is 473. The van der Waals surface area contributed by atoms with Gasteiger partial charge < -0.3 is 20.3 Å². The van der Waals surface area contributed by atoms with Gasteiger partial charge in [-0.1, -0.05) is 0 Å². The Balaban J connectivity index is 1.77. The Hall–Kier alpha value is -2.09. The van der Waals surface area contributed by atoms with Crippen molar-refractivity contribution < 1.29 is 14.3 Å². The number of aromatic nitrogens is 2. The number of nitrogens with zero attached hydrogens (tertiary/aromatic N) is 3. The SMILES string of the molecule is COCCn1cc(CNC(=O)N2CCNC(=O)C2)cn1. The van der Waals surface area contributed by atoms with Gasteiger partial charge in [-0.3, -0.25) is 9.48 Å². The van der Waals surface area contributed by atoms with Crippen LogP contribution in [0.4, 0.5) is 4.79 Å². The number of urea groups is 1. The summed E-state index contributed by atoms with van der Waals surface area (Å²) in [5.41, 5.74) is 0.913. The lowest BCUT2D eigenvalue weighted by Crippen LogP contribution is -2.52. The van der Waals surface area contributed by atoms with Gasteiger partial charge in [-0.15, -0.1) is 0 Å². The first kappa shape index (κ1) is 14.3. The highest BCUT2D eigenvalue weighted by molar-refractivity contribution is 5.85. The molecule has 0 atom stereocenters. The minimum Gasteiger partial charge on any atom is -0.383 e. The van der Waals surface area contributed by atoms with Gasteiger partial charge in [-0.05, 0) is 0 Å². The van der Waals surface area contributed by atoms with Crippen molar-refractivity contribution in [2.75, 3.05) is 33.4 Å². The maximum atomic E-state index is 11.9. The molecule has 2 heterocycles. The normalized spacial score (nSPS) is 15.1. The van der Waals surface area contributed by atoms with Crippen LogP contribution < -0.4 is 10.6 Å². The molecule has 1 aliphatic heterocycles. The molecule has 110 valence electrons. The summed E-state index contributed by atoms with van der Waals surface area (Å²) >= 11 is 0. The van der Waals surface area contributed by atoms with E-state index in [1.807, 2.05) is 6.20 Å². The van der Waals surface area contributed by atoms with E-state index in [9.17, 15) is 9.59 Å². The fraction of sp³-hybridized carbons (Fsp3) is 0.583. The van der Waals surface area contributed by atoms with Gasteiger partial charge in [0, 0.05) is 38.5 Å². The quantitative estimate of drug-likeness (QED) is 0.737. The van der Waals surface area contributed by atoms with Crippen LogP contribution in [0.3, 0.4) is 0 Å². The molecule has 1 aliphatic rings. The third kappa shape index (κ3) is 3.95. The van der Waals surface area contributed by atoms with Gasteiger partial charge in [0.1, 0.15) is 6.54 Å². The van der Waals surface area contributed by atoms with Gasteiger partial charge in [0.15, 0.2) is 0 Å². The summed E-state index contributed by atoms with van der Waals surface area (Å²) in [6.45, 7) is 2.81. The Morgan fingerprint density at radius 2 is 2.45 bits per heavy atom. The van der Waals surface area contributed by atoms with Crippen LogP contribution in [-0.4, -0.2) is 60.0 Å². The number of amides is 3. The largest absolute Gasteiger partial charge is 0.383 e. The summed E-state index contributed by atoms with van der Waals surface area (Å²) in [5, 5.41) is 9.62. The zero-order valence-electron chi connectivity index (χ0n) is 11.5. The third-order valence-corrected chi connectivity index (χ3v) is 2.98. The minimum atomic E-state index is -0.232. The van der Waals surface area contributed by atoms with Gasteiger partial charge in [0.05, 0.1) is 19.3 Å². The van der Waals surface area contributed by atoms with Crippen LogP contribution in [0, 0.1) is 0 Å². The Labute approximate surface area is 117 Å². The van der Waals surface area contributed by atoms with Gasteiger partial charge >= 0.3 is 6.03 Å². The molecular weight excluding hydrogens is 262 g/mol. The molecule has 2 rings (SSSR count). The van der Waals surface area contributed by atoms with Crippen molar-refractivity contribution in [2.45, 2.75) is 13.1 Å². The smallest absolute Gasteiger partial charge is 0.318 e. The molecule has 1 aromatic rings. The minimum absolute atomic E-state index is 0.110. The predicted molar refractivity (Wildman–Crippen MR) is 70.9 cm³/mol. The molecule has 8 heteroatoms. The predicted octanol–water partition coefficient (Wildman–Crippen LogP) is -0.829. The molecule has 0 spiro atoms. The maximum absolute atomic E-state index is 11.9. The lowest BCUT2D eigenvalue weighted by Gasteiger charge is -2.26. The van der Waals surface area contributed by atoms with Gasteiger partial charge in [-0.25, -0.2) is 4.79 Å². The van der Waals surface area contributed by atoms with E-state index < -0.39 is 0 Å². The summed E-state index contributed by atoms with van der Waals surface area (Å²) in [6, 6.07) is -0.232. The van der Waals surface area contributed by atoms with Gasteiger partial charge in [-0.2, -0.15) is 5.10 Å². The van der Waals surface area contributed by atoms with Crippen molar-refractivity contribution in [2.24, 2.45) is 0 Å². The Morgan fingerprint density at radius 1 is 1.60 bits per heavy atom. The average Bonchev–Trinajstić information content (AvgIpc) is 2.90. The second kappa shape index (κ2) is 6.90. The number of hydrogen-bond acceptors (Lipinski definition) is 4. The molecule has 8 nitrogen and oxygen atoms in total. The molecule has 3 amide bonds. The van der Waals surface area contributed by atoms with Crippen LogP contribution in [0.2, 0.25) is 0 Å². The molecule has 2 N–H and O–H groups in total. The van der Waals surface area contributed by atoms with E-state index in [1.165, 1.54) is 4.90 Å². The number of nitrogens with one attached hydrogen (secondary N) is 2. The molecule has 1 fully saturated rings. The fourth-order valence-corrected chi connectivity index (χ4v) is 1.91. The number of ether oxygens (including phenoxy) is 1. The summed E-state index contributed by atoms with van der Waals surface area (Å²) in [6.07, 6.45) is 3.57. The molecule has 1 aromatic heterocycles. The van der Waals surface area contributed by atoms with E-state index in [-0.39, 0.29) is 18.5 Å². The number of rotatable bonds is 5. The van der Waals surface area contributed by atoms with E-state index in [2.05, 4.69) is 15.7 Å². The molecule has 0 saturated carbocycles. The molecule has 0 bridgehead atoms. The lowest BCUT2D eigenvalue weighted by atomic mass is 10.3. The number of hydrogen-bond donors (Lipinski definition) is 2. The fourth-order valence-electron chi connectivity index (χ4n) is 1.91. The van der Waals surface area contributed by atoms with Crippen LogP contribution in [0.5, 0.6) is 0 Å². The molecule has 0 aromatic carbocycles. The van der Waals surface area contributed by atoms with Crippen molar-refractivity contribution in [1.29, 1.82) is 0 Å². The molecule has 1 saturated heterocycles. The van der Waals surface area contributed by atoms with E-state index in [4.69, 9.17) is 4.74 Å². The van der Waals surface area contributed by atoms with E-state index in [1.54, 1.807) is 18.0 Å². The first-order valence-electron chi connectivity index (χ1n) is 6.49. The highest BCUT2D eigenvalue weighted by atomic mass is 16.5. The standard InChI is InChI=1S/C12H19N5O3/c1-20-5-4-17-8-10(7-15-17)6-14-12(19)16-3-2-13-11(18)9-16/h7-8H,2-6,9H2,1H3,(H,13,18)(H,14,19). The summed E-state index contributed by atoms with van der Waals surface area (Å²) in [7, 11) is 1.64. The molecular formula is C12H19N5O3. The monoisotopic (exact) mass is 281 g/mol. The van der Waals surface area contributed by atoms with Gasteiger partial charge in [0.25, 0.3) is 0 Å². The summed E-state index contributed by atoms with van der Waals surface area (Å²) < 4.78 is 6.73. The number of carbonyl (C=O) groups is 2. The molecule has 0 aliphatic carbocycles. The zero-order chi connectivity index (χ0) is 14.4. The number of methoxy groups -OCH3 is 1. The van der Waals surface area contributed by atoms with Crippen molar-refractivity contribution in [1.82, 2.24) is 25.3 Å². The molecule has 0 radical (unpaired) electrons. The second-order valence-corrected chi connectivity index (χ2v) is 4.53. The Morgan fingerprint density at radius 3 is 3.20 bits per heavy atom. The van der Waals surface area contributed by atoms with E-state index in [0.29, 0.717) is 32.8 Å². The van der Waals surface area contributed by atoms with Crippen molar-refractivity contribution >= 4 is 11.9 Å². The summed E-state index contributed by atoms with van der Waals surface area (Å²) in [4.78, 5) is 24.6. The number of carbonyl (C=O) groups excluding carboxylic acids is 2. The first-order chi connectivity index (χ1) is 9.69. The topological polar surface area (TPSA) is 88.5 Å². The highest BCUT2D eigenvalue weighted by Crippen LogP contribution is 1.99. The summed E-state index contributed by atoms with van der Waals surface area (Å²) in [5.74, 6) is -0.126. The van der Waals surface area contributed by atoms with E-state index in [0.717, 1.165) is 5.56 Å². The zero-order valence-corrected chi connectivity index (χ0v) is 11.5. The molecule has 20 heavy (non-hydrogen) atoms. The first-order valence-corrected chi connectivity index (χ1v) is 6.49. The maximum Gasteiger partial charge on any atom is 0.318 e. The Kier molecular flexibility index (Phi) is 4.94. The van der Waals surface area contributed by atoms with Crippen LogP contribution in [0.1, 0.15) is 5.56 Å². The van der Waals surface area contributed by atoms with Crippen LogP contribution >= 0.6 is 0 Å². The van der Waals surface area contributed by atoms with E-state index >= 15 is 0 Å². The van der Waals surface area contributed by atoms with Gasteiger partial charge in [0.2, 0.25) is 5.91 Å². The van der Waals surface area contributed by atoms with Crippen molar-refractivity contribution in [3.05, 3.63) is 18.0 Å². The second-order valence-electron chi connectivity index (χ2n) is 4.53. The number of piperazine rings is 1. The van der Waals surface area contributed by atoms with Crippen LogP contribution in [-0.2, 0) is 22.6 Å². The molecule has 0 unspecified atom stereocenters. The van der Waals surface area contributed by atoms with Crippen LogP contribution in [0.25, 0.3) is 0 Å². The van der Waals surface area contributed by atoms with Crippen LogP contribution in [0.15, 0.2) is 12.4 Å².